The fraction of sp³-hybridized carbons (Fsp3) is 0.810. The smallest absolute Gasteiger partial charge is 0.302 e. The molecule has 4 aliphatic rings. The normalized spacial score (nSPS) is 47.3. The van der Waals surface area contributed by atoms with Gasteiger partial charge in [0, 0.05) is 18.8 Å². The van der Waals surface area contributed by atoms with Crippen LogP contribution in [0.5, 0.6) is 0 Å². The first-order chi connectivity index (χ1) is 11.3. The lowest BCUT2D eigenvalue weighted by Gasteiger charge is -2.57. The van der Waals surface area contributed by atoms with Crippen LogP contribution in [0.25, 0.3) is 0 Å². The molecular weight excluding hydrogens is 300 g/mol. The molecule has 0 aromatic heterocycles. The van der Waals surface area contributed by atoms with Crippen LogP contribution in [-0.2, 0) is 14.3 Å². The summed E-state index contributed by atoms with van der Waals surface area (Å²) >= 11 is 0. The minimum Gasteiger partial charge on any atom is -0.462 e. The van der Waals surface area contributed by atoms with Gasteiger partial charge in [-0.05, 0) is 74.2 Å². The van der Waals surface area contributed by atoms with Crippen molar-refractivity contribution >= 4 is 11.8 Å². The first-order valence-electron chi connectivity index (χ1n) is 9.76. The van der Waals surface area contributed by atoms with Crippen molar-refractivity contribution in [1.29, 1.82) is 0 Å². The molecule has 0 radical (unpaired) electrons. The third-order valence-corrected chi connectivity index (χ3v) is 8.18. The van der Waals surface area contributed by atoms with Crippen molar-refractivity contribution in [1.82, 2.24) is 0 Å². The summed E-state index contributed by atoms with van der Waals surface area (Å²) in [5, 5.41) is 0. The van der Waals surface area contributed by atoms with Gasteiger partial charge in [-0.15, -0.1) is 0 Å². The third-order valence-electron chi connectivity index (χ3n) is 8.18. The summed E-state index contributed by atoms with van der Waals surface area (Å²) < 4.78 is 5.71. The molecule has 0 N–H and O–H groups in total. The van der Waals surface area contributed by atoms with Crippen LogP contribution in [0.2, 0.25) is 0 Å². The van der Waals surface area contributed by atoms with Gasteiger partial charge < -0.3 is 4.74 Å². The molecule has 3 heteroatoms. The third kappa shape index (κ3) is 2.23. The minimum absolute atomic E-state index is 0.110. The number of fused-ring (bicyclic) bond motifs is 5. The zero-order chi connectivity index (χ0) is 17.1. The number of ketones is 1. The van der Waals surface area contributed by atoms with E-state index < -0.39 is 0 Å². The number of allylic oxidation sites excluding steroid dienone is 1. The molecule has 3 fully saturated rings. The van der Waals surface area contributed by atoms with Crippen molar-refractivity contribution < 1.29 is 14.3 Å². The van der Waals surface area contributed by atoms with E-state index in [2.05, 4.69) is 13.8 Å². The maximum atomic E-state index is 11.9. The van der Waals surface area contributed by atoms with E-state index >= 15 is 0 Å². The van der Waals surface area contributed by atoms with Gasteiger partial charge in [0.2, 0.25) is 0 Å². The summed E-state index contributed by atoms with van der Waals surface area (Å²) in [5.74, 6) is 2.32. The van der Waals surface area contributed by atoms with Crippen molar-refractivity contribution in [2.24, 2.45) is 28.6 Å². The van der Waals surface area contributed by atoms with Crippen LogP contribution in [0, 0.1) is 28.6 Å². The second-order valence-electron chi connectivity index (χ2n) is 9.19. The largest absolute Gasteiger partial charge is 0.462 e. The van der Waals surface area contributed by atoms with Gasteiger partial charge in [0.25, 0.3) is 0 Å². The number of hydrogen-bond acceptors (Lipinski definition) is 3. The average molecular weight is 330 g/mol. The first kappa shape index (κ1) is 16.4. The van der Waals surface area contributed by atoms with Crippen molar-refractivity contribution in [2.75, 3.05) is 0 Å². The predicted molar refractivity (Wildman–Crippen MR) is 92.3 cm³/mol. The molecule has 0 bridgehead atoms. The lowest BCUT2D eigenvalue weighted by molar-refractivity contribution is -0.157. The van der Waals surface area contributed by atoms with E-state index in [1.54, 1.807) is 6.92 Å². The summed E-state index contributed by atoms with van der Waals surface area (Å²) in [6, 6.07) is 0. The fourth-order valence-electron chi connectivity index (χ4n) is 6.91. The minimum atomic E-state index is -0.129. The molecule has 0 spiro atoms. The molecule has 4 aliphatic carbocycles. The van der Waals surface area contributed by atoms with Crippen molar-refractivity contribution in [3.05, 3.63) is 11.6 Å². The van der Waals surface area contributed by atoms with Crippen molar-refractivity contribution in [3.8, 4) is 0 Å². The zero-order valence-corrected chi connectivity index (χ0v) is 15.3. The lowest BCUT2D eigenvalue weighted by atomic mass is 9.47. The standard InChI is InChI=1S/C21H30O3/c1-13(22)24-19-7-6-17-16-5-4-14-12-15(23)8-10-20(14,2)18(16)9-11-21(17,19)3/h12,16-19H,4-11H2,1-3H3/t16-,17-,18-,19+,20-,21-/m0/s1. The Morgan fingerprint density at radius 2 is 1.88 bits per heavy atom. The molecule has 0 saturated heterocycles. The highest BCUT2D eigenvalue weighted by atomic mass is 16.5. The Bertz CT molecular complexity index is 606. The summed E-state index contributed by atoms with van der Waals surface area (Å²) in [5.41, 5.74) is 1.82. The van der Waals surface area contributed by atoms with Gasteiger partial charge in [-0.25, -0.2) is 0 Å². The number of rotatable bonds is 1. The molecule has 3 nitrogen and oxygen atoms in total. The van der Waals surface area contributed by atoms with Crippen LogP contribution < -0.4 is 0 Å². The number of esters is 1. The van der Waals surface area contributed by atoms with Gasteiger partial charge in [-0.3, -0.25) is 9.59 Å². The molecule has 0 unspecified atom stereocenters. The van der Waals surface area contributed by atoms with E-state index in [0.29, 0.717) is 17.6 Å². The maximum absolute atomic E-state index is 11.9. The zero-order valence-electron chi connectivity index (χ0n) is 15.3. The van der Waals surface area contributed by atoms with Gasteiger partial charge in [0.05, 0.1) is 0 Å². The topological polar surface area (TPSA) is 43.4 Å². The second kappa shape index (κ2) is 5.44. The summed E-state index contributed by atoms with van der Waals surface area (Å²) in [6.07, 6.45) is 10.8. The molecule has 0 heterocycles. The highest BCUT2D eigenvalue weighted by Gasteiger charge is 2.59. The number of ether oxygens (including phenoxy) is 1. The lowest BCUT2D eigenvalue weighted by Crippen LogP contribution is -2.51. The average Bonchev–Trinajstić information content (AvgIpc) is 2.84. The van der Waals surface area contributed by atoms with E-state index in [1.165, 1.54) is 24.8 Å². The number of carbonyl (C=O) groups is 2. The monoisotopic (exact) mass is 330 g/mol. The first-order valence-corrected chi connectivity index (χ1v) is 9.76. The molecule has 0 aromatic carbocycles. The van der Waals surface area contributed by atoms with Gasteiger partial charge in [0.15, 0.2) is 5.78 Å². The van der Waals surface area contributed by atoms with E-state index in [-0.39, 0.29) is 22.9 Å². The van der Waals surface area contributed by atoms with E-state index in [1.807, 2.05) is 6.08 Å². The van der Waals surface area contributed by atoms with E-state index in [4.69, 9.17) is 4.74 Å². The fourth-order valence-corrected chi connectivity index (χ4v) is 6.91. The van der Waals surface area contributed by atoms with Crippen LogP contribution in [0.4, 0.5) is 0 Å². The summed E-state index contributed by atoms with van der Waals surface area (Å²) in [6.45, 7) is 6.33. The quantitative estimate of drug-likeness (QED) is 0.667. The van der Waals surface area contributed by atoms with Crippen LogP contribution in [0.3, 0.4) is 0 Å². The summed E-state index contributed by atoms with van der Waals surface area (Å²) in [7, 11) is 0. The highest BCUT2D eigenvalue weighted by molar-refractivity contribution is 5.91. The molecule has 6 atom stereocenters. The predicted octanol–water partition coefficient (Wildman–Crippen LogP) is 4.45. The van der Waals surface area contributed by atoms with Crippen molar-refractivity contribution in [2.45, 2.75) is 78.2 Å². The molecule has 24 heavy (non-hydrogen) atoms. The maximum Gasteiger partial charge on any atom is 0.302 e. The summed E-state index contributed by atoms with van der Waals surface area (Å²) in [4.78, 5) is 23.4. The van der Waals surface area contributed by atoms with E-state index in [0.717, 1.165) is 38.0 Å². The Hall–Kier alpha value is -1.12. The number of hydrogen-bond donors (Lipinski definition) is 0. The molecular formula is C21H30O3. The Kier molecular flexibility index (Phi) is 3.71. The van der Waals surface area contributed by atoms with Crippen LogP contribution in [0.1, 0.15) is 72.1 Å². The Morgan fingerprint density at radius 1 is 1.08 bits per heavy atom. The second-order valence-corrected chi connectivity index (χ2v) is 9.19. The molecule has 0 aromatic rings. The van der Waals surface area contributed by atoms with Crippen LogP contribution >= 0.6 is 0 Å². The SMILES string of the molecule is CC(=O)O[C@@H]1CC[C@H]2[C@@H]3CCC4=CC(=O)CC[C@]4(C)[C@H]3CC[C@]12C. The Balaban J connectivity index is 1.62. The van der Waals surface area contributed by atoms with Gasteiger partial charge >= 0.3 is 5.97 Å². The van der Waals surface area contributed by atoms with Crippen LogP contribution in [0.15, 0.2) is 11.6 Å². The van der Waals surface area contributed by atoms with Gasteiger partial charge in [-0.2, -0.15) is 0 Å². The van der Waals surface area contributed by atoms with Crippen molar-refractivity contribution in [3.63, 3.8) is 0 Å². The van der Waals surface area contributed by atoms with Gasteiger partial charge in [-0.1, -0.05) is 19.4 Å². The Labute approximate surface area is 145 Å². The highest BCUT2D eigenvalue weighted by Crippen LogP contribution is 2.65. The molecule has 132 valence electrons. The van der Waals surface area contributed by atoms with Crippen LogP contribution in [-0.4, -0.2) is 17.9 Å². The molecule has 0 aliphatic heterocycles. The Morgan fingerprint density at radius 3 is 2.62 bits per heavy atom. The molecule has 0 amide bonds. The molecule has 3 saturated carbocycles. The van der Waals surface area contributed by atoms with E-state index in [9.17, 15) is 9.59 Å². The molecule has 4 rings (SSSR count). The van der Waals surface area contributed by atoms with Gasteiger partial charge in [0.1, 0.15) is 6.10 Å². The number of carbonyl (C=O) groups excluding carboxylic acids is 2.